The van der Waals surface area contributed by atoms with Gasteiger partial charge in [-0.25, -0.2) is 9.98 Å². The average molecular weight is 808 g/mol. The third-order valence-corrected chi connectivity index (χ3v) is 11.9. The van der Waals surface area contributed by atoms with E-state index in [4.69, 9.17) is 14.4 Å². The summed E-state index contributed by atoms with van der Waals surface area (Å²) < 4.78 is 8.94. The molecule has 4 nitrogen and oxygen atoms in total. The second-order valence-electron chi connectivity index (χ2n) is 15.9. The third-order valence-electron chi connectivity index (χ3n) is 11.9. The Morgan fingerprint density at radius 1 is 0.429 bits per heavy atom. The standard InChI is InChI=1S/C59H41N3O/c1-39(41-18-7-3-8-19-41)60-59(61-40(2)46-34-47(42-20-9-4-10-21-42)36-48(35-46)43-22-11-5-12-23-43)51-27-17-29-57-58(51)53-38-45(31-33-56(53)63-57)44-30-32-55-52(37-44)50-26-15-16-28-54(50)62(55)49-24-13-6-14-25-49/h3-38H,1H2,2H3/b60-59-,61-40+. The average Bonchev–Trinajstić information content (AvgIpc) is 3.90. The number of nitrogens with zero attached hydrogens (tertiary/aromatic N) is 3. The van der Waals surface area contributed by atoms with Crippen LogP contribution < -0.4 is 0 Å². The van der Waals surface area contributed by atoms with Crippen molar-refractivity contribution in [3.8, 4) is 39.1 Å². The molecular weight excluding hydrogens is 767 g/mol. The number of hydrogen-bond donors (Lipinski definition) is 0. The number of amidine groups is 1. The summed E-state index contributed by atoms with van der Waals surface area (Å²) in [5.74, 6) is 0.557. The predicted octanol–water partition coefficient (Wildman–Crippen LogP) is 15.6. The van der Waals surface area contributed by atoms with E-state index in [0.29, 0.717) is 11.5 Å². The molecule has 0 fully saturated rings. The maximum absolute atomic E-state index is 6.59. The molecule has 2 aromatic heterocycles. The van der Waals surface area contributed by atoms with Crippen LogP contribution in [-0.4, -0.2) is 16.1 Å². The molecule has 298 valence electrons. The van der Waals surface area contributed by atoms with E-state index >= 15 is 0 Å². The van der Waals surface area contributed by atoms with E-state index in [9.17, 15) is 0 Å². The van der Waals surface area contributed by atoms with Gasteiger partial charge in [-0.2, -0.15) is 0 Å². The van der Waals surface area contributed by atoms with E-state index < -0.39 is 0 Å². The van der Waals surface area contributed by atoms with Crippen LogP contribution in [0.4, 0.5) is 0 Å². The molecule has 0 saturated heterocycles. The molecule has 63 heavy (non-hydrogen) atoms. The second kappa shape index (κ2) is 15.9. The SMILES string of the molecule is C=C(/N=C(\N=C(/C)c1cc(-c2ccccc2)cc(-c2ccccc2)c1)c1cccc2oc3ccc(-c4ccc5c(c4)c4ccccc4n5-c4ccccc4)cc3c12)c1ccccc1. The van der Waals surface area contributed by atoms with Crippen molar-refractivity contribution >= 4 is 61.0 Å². The van der Waals surface area contributed by atoms with Crippen LogP contribution in [0.5, 0.6) is 0 Å². The molecule has 0 radical (unpaired) electrons. The molecule has 0 aliphatic carbocycles. The molecule has 0 aliphatic heterocycles. The number of rotatable bonds is 8. The first-order valence-electron chi connectivity index (χ1n) is 21.2. The molecule has 0 unspecified atom stereocenters. The zero-order chi connectivity index (χ0) is 42.3. The van der Waals surface area contributed by atoms with Gasteiger partial charge in [-0.1, -0.05) is 158 Å². The normalized spacial score (nSPS) is 12.1. The monoisotopic (exact) mass is 807 g/mol. The molecule has 0 amide bonds. The highest BCUT2D eigenvalue weighted by molar-refractivity contribution is 6.22. The second-order valence-corrected chi connectivity index (χ2v) is 15.9. The number of furan rings is 1. The van der Waals surface area contributed by atoms with Gasteiger partial charge in [0, 0.05) is 38.5 Å². The summed E-state index contributed by atoms with van der Waals surface area (Å²) in [6.45, 7) is 6.51. The lowest BCUT2D eigenvalue weighted by Gasteiger charge is -2.12. The Bertz CT molecular complexity index is 3500. The number of benzene rings is 9. The fourth-order valence-corrected chi connectivity index (χ4v) is 8.82. The van der Waals surface area contributed by atoms with Gasteiger partial charge in [0.1, 0.15) is 11.2 Å². The smallest absolute Gasteiger partial charge is 0.160 e. The van der Waals surface area contributed by atoms with Crippen molar-refractivity contribution in [1.82, 2.24) is 4.57 Å². The zero-order valence-corrected chi connectivity index (χ0v) is 34.7. The summed E-state index contributed by atoms with van der Waals surface area (Å²) in [6, 6.07) is 76.4. The van der Waals surface area contributed by atoms with Gasteiger partial charge in [0.2, 0.25) is 0 Å². The van der Waals surface area contributed by atoms with Crippen LogP contribution in [0.1, 0.15) is 23.6 Å². The van der Waals surface area contributed by atoms with Crippen molar-refractivity contribution in [2.24, 2.45) is 9.98 Å². The summed E-state index contributed by atoms with van der Waals surface area (Å²) in [7, 11) is 0. The largest absolute Gasteiger partial charge is 0.456 e. The van der Waals surface area contributed by atoms with Gasteiger partial charge in [-0.15, -0.1) is 0 Å². The van der Waals surface area contributed by atoms with E-state index in [1.807, 2.05) is 54.6 Å². The Hall–Kier alpha value is -8.34. The molecule has 0 aliphatic rings. The van der Waals surface area contributed by atoms with Crippen LogP contribution in [0.25, 0.3) is 88.5 Å². The first-order chi connectivity index (χ1) is 31.1. The lowest BCUT2D eigenvalue weighted by molar-refractivity contribution is 0.669. The minimum absolute atomic E-state index is 0.557. The van der Waals surface area contributed by atoms with Crippen LogP contribution in [-0.2, 0) is 0 Å². The molecule has 2 heterocycles. The van der Waals surface area contributed by atoms with Crippen molar-refractivity contribution in [2.75, 3.05) is 0 Å². The molecular formula is C59H41N3O. The van der Waals surface area contributed by atoms with E-state index in [1.165, 1.54) is 21.8 Å². The van der Waals surface area contributed by atoms with Gasteiger partial charge in [-0.3, -0.25) is 0 Å². The molecule has 11 aromatic rings. The zero-order valence-electron chi connectivity index (χ0n) is 34.7. The number of para-hydroxylation sites is 2. The molecule has 0 spiro atoms. The summed E-state index contributed by atoms with van der Waals surface area (Å²) in [5, 5.41) is 4.37. The maximum Gasteiger partial charge on any atom is 0.160 e. The van der Waals surface area contributed by atoms with Crippen molar-refractivity contribution in [2.45, 2.75) is 6.92 Å². The lowest BCUT2D eigenvalue weighted by Crippen LogP contribution is -2.05. The van der Waals surface area contributed by atoms with Crippen LogP contribution in [0.3, 0.4) is 0 Å². The summed E-state index contributed by atoms with van der Waals surface area (Å²) >= 11 is 0. The van der Waals surface area contributed by atoms with Gasteiger partial charge in [-0.05, 0) is 118 Å². The first-order valence-corrected chi connectivity index (χ1v) is 21.2. The van der Waals surface area contributed by atoms with E-state index in [0.717, 1.165) is 83.4 Å². The van der Waals surface area contributed by atoms with E-state index in [-0.39, 0.29) is 0 Å². The van der Waals surface area contributed by atoms with Crippen LogP contribution >= 0.6 is 0 Å². The molecule has 0 N–H and O–H groups in total. The third kappa shape index (κ3) is 7.04. The molecule has 0 bridgehead atoms. The highest BCUT2D eigenvalue weighted by Gasteiger charge is 2.19. The number of aromatic nitrogens is 1. The number of hydrogen-bond acceptors (Lipinski definition) is 2. The van der Waals surface area contributed by atoms with Crippen molar-refractivity contribution in [1.29, 1.82) is 0 Å². The Kier molecular flexibility index (Phi) is 9.52. The first kappa shape index (κ1) is 37.6. The molecule has 0 atom stereocenters. The Labute approximate surface area is 366 Å². The van der Waals surface area contributed by atoms with Crippen LogP contribution in [0.15, 0.2) is 239 Å². The lowest BCUT2D eigenvalue weighted by atomic mass is 9.94. The van der Waals surface area contributed by atoms with Crippen LogP contribution in [0.2, 0.25) is 0 Å². The van der Waals surface area contributed by atoms with E-state index in [2.05, 4.69) is 182 Å². The fraction of sp³-hybridized carbons (Fsp3) is 0.0169. The topological polar surface area (TPSA) is 42.8 Å². The van der Waals surface area contributed by atoms with Gasteiger partial charge in [0.05, 0.1) is 16.7 Å². The molecule has 9 aromatic carbocycles. The quantitative estimate of drug-likeness (QED) is 0.111. The molecule has 0 saturated carbocycles. The summed E-state index contributed by atoms with van der Waals surface area (Å²) in [5.41, 5.74) is 16.0. The molecule has 4 heteroatoms. The van der Waals surface area contributed by atoms with Crippen molar-refractivity contribution in [3.63, 3.8) is 0 Å². The maximum atomic E-state index is 6.59. The fourth-order valence-electron chi connectivity index (χ4n) is 8.82. The summed E-state index contributed by atoms with van der Waals surface area (Å²) in [4.78, 5) is 10.7. The van der Waals surface area contributed by atoms with Gasteiger partial charge in [0.25, 0.3) is 0 Å². The Morgan fingerprint density at radius 2 is 1.02 bits per heavy atom. The van der Waals surface area contributed by atoms with Gasteiger partial charge in [0.15, 0.2) is 5.84 Å². The minimum Gasteiger partial charge on any atom is -0.456 e. The van der Waals surface area contributed by atoms with Gasteiger partial charge >= 0.3 is 0 Å². The highest BCUT2D eigenvalue weighted by atomic mass is 16.3. The Balaban J connectivity index is 1.08. The number of fused-ring (bicyclic) bond motifs is 6. The van der Waals surface area contributed by atoms with Crippen LogP contribution in [0, 0.1) is 0 Å². The summed E-state index contributed by atoms with van der Waals surface area (Å²) in [6.07, 6.45) is 0. The predicted molar refractivity (Wildman–Crippen MR) is 265 cm³/mol. The van der Waals surface area contributed by atoms with Crippen molar-refractivity contribution in [3.05, 3.63) is 242 Å². The van der Waals surface area contributed by atoms with E-state index in [1.54, 1.807) is 0 Å². The highest BCUT2D eigenvalue weighted by Crippen LogP contribution is 2.39. The van der Waals surface area contributed by atoms with Crippen molar-refractivity contribution < 1.29 is 4.42 Å². The van der Waals surface area contributed by atoms with Gasteiger partial charge < -0.3 is 8.98 Å². The number of aliphatic imine (C=N–C) groups is 2. The molecule has 11 rings (SSSR count). The Morgan fingerprint density at radius 3 is 1.71 bits per heavy atom. The minimum atomic E-state index is 0.557.